The highest BCUT2D eigenvalue weighted by Crippen LogP contribution is 2.08. The number of hydrogen-bond donors (Lipinski definition) is 0. The molecule has 3 heteroatoms. The third-order valence-corrected chi connectivity index (χ3v) is 4.24. The standard InChI is InChI=1S/C18H34NO2/c1-7-19(8-2,9-3)15-18(20)21-14-13-17(6)12-10-11-16(4)5/h11,13H,7-10,12,14-15H2,1-6H3/q+1/b17-13+. The number of likely N-dealkylation sites (N-methyl/N-ethyl adjacent to an activating group) is 1. The van der Waals surface area contributed by atoms with E-state index < -0.39 is 0 Å². The highest BCUT2D eigenvalue weighted by Gasteiger charge is 2.25. The number of rotatable bonds is 10. The van der Waals surface area contributed by atoms with E-state index in [1.54, 1.807) is 0 Å². The molecule has 0 aliphatic rings. The minimum atomic E-state index is -0.0890. The van der Waals surface area contributed by atoms with Crippen LogP contribution in [0.4, 0.5) is 0 Å². The van der Waals surface area contributed by atoms with Crippen molar-refractivity contribution in [3.63, 3.8) is 0 Å². The van der Waals surface area contributed by atoms with Gasteiger partial charge in [0.15, 0.2) is 6.54 Å². The van der Waals surface area contributed by atoms with Crippen molar-refractivity contribution >= 4 is 5.97 Å². The van der Waals surface area contributed by atoms with E-state index in [2.05, 4.69) is 47.6 Å². The molecule has 0 aromatic carbocycles. The fraction of sp³-hybridized carbons (Fsp3) is 0.722. The van der Waals surface area contributed by atoms with E-state index in [4.69, 9.17) is 4.74 Å². The zero-order chi connectivity index (χ0) is 16.3. The highest BCUT2D eigenvalue weighted by atomic mass is 16.5. The van der Waals surface area contributed by atoms with Crippen LogP contribution in [0.3, 0.4) is 0 Å². The number of ether oxygens (including phenoxy) is 1. The molecule has 0 rings (SSSR count). The Labute approximate surface area is 131 Å². The molecule has 122 valence electrons. The lowest BCUT2D eigenvalue weighted by Crippen LogP contribution is -2.51. The fourth-order valence-electron chi connectivity index (χ4n) is 2.29. The van der Waals surface area contributed by atoms with Crippen LogP contribution in [0.15, 0.2) is 23.3 Å². The average molecular weight is 296 g/mol. The minimum absolute atomic E-state index is 0.0890. The third-order valence-electron chi connectivity index (χ3n) is 4.24. The molecule has 0 bridgehead atoms. The molecule has 0 fully saturated rings. The molecule has 21 heavy (non-hydrogen) atoms. The molecule has 0 aliphatic heterocycles. The molecule has 0 atom stereocenters. The van der Waals surface area contributed by atoms with Crippen molar-refractivity contribution in [2.45, 2.75) is 54.4 Å². The van der Waals surface area contributed by atoms with Gasteiger partial charge in [-0.15, -0.1) is 0 Å². The first-order valence-corrected chi connectivity index (χ1v) is 8.18. The summed E-state index contributed by atoms with van der Waals surface area (Å²) in [5.41, 5.74) is 2.63. The van der Waals surface area contributed by atoms with Gasteiger partial charge in [-0.2, -0.15) is 0 Å². The Morgan fingerprint density at radius 3 is 2.05 bits per heavy atom. The maximum Gasteiger partial charge on any atom is 0.362 e. The van der Waals surface area contributed by atoms with Crippen molar-refractivity contribution in [1.29, 1.82) is 0 Å². The molecule has 0 aromatic rings. The third kappa shape index (κ3) is 8.71. The lowest BCUT2D eigenvalue weighted by atomic mass is 10.1. The topological polar surface area (TPSA) is 26.3 Å². The summed E-state index contributed by atoms with van der Waals surface area (Å²) in [6, 6.07) is 0. The first-order chi connectivity index (χ1) is 9.89. The Balaban J connectivity index is 4.16. The maximum atomic E-state index is 11.9. The quantitative estimate of drug-likeness (QED) is 0.345. The molecule has 0 aromatic heterocycles. The summed E-state index contributed by atoms with van der Waals surface area (Å²) in [5, 5.41) is 0. The summed E-state index contributed by atoms with van der Waals surface area (Å²) in [6.07, 6.45) is 6.34. The Morgan fingerprint density at radius 1 is 1.00 bits per heavy atom. The minimum Gasteiger partial charge on any atom is -0.457 e. The molecule has 0 aliphatic carbocycles. The smallest absolute Gasteiger partial charge is 0.362 e. The van der Waals surface area contributed by atoms with E-state index in [9.17, 15) is 4.79 Å². The summed E-state index contributed by atoms with van der Waals surface area (Å²) in [5.74, 6) is -0.0890. The van der Waals surface area contributed by atoms with E-state index in [1.807, 2.05) is 6.08 Å². The fourth-order valence-corrected chi connectivity index (χ4v) is 2.29. The van der Waals surface area contributed by atoms with Gasteiger partial charge in [0.25, 0.3) is 0 Å². The van der Waals surface area contributed by atoms with Gasteiger partial charge in [0.2, 0.25) is 0 Å². The second-order valence-corrected chi connectivity index (χ2v) is 6.00. The molecule has 0 saturated carbocycles. The lowest BCUT2D eigenvalue weighted by Gasteiger charge is -2.34. The summed E-state index contributed by atoms with van der Waals surface area (Å²) in [6.45, 7) is 16.5. The van der Waals surface area contributed by atoms with Crippen LogP contribution in [0.25, 0.3) is 0 Å². The zero-order valence-electron chi connectivity index (χ0n) is 14.9. The predicted molar refractivity (Wildman–Crippen MR) is 90.1 cm³/mol. The van der Waals surface area contributed by atoms with Gasteiger partial charge in [-0.3, -0.25) is 0 Å². The van der Waals surface area contributed by atoms with Crippen LogP contribution in [0.5, 0.6) is 0 Å². The van der Waals surface area contributed by atoms with Gasteiger partial charge in [-0.25, -0.2) is 4.79 Å². The number of carbonyl (C=O) groups is 1. The van der Waals surface area contributed by atoms with Crippen molar-refractivity contribution < 1.29 is 14.0 Å². The van der Waals surface area contributed by atoms with Crippen LogP contribution in [0.2, 0.25) is 0 Å². The molecule has 0 N–H and O–H groups in total. The first kappa shape index (κ1) is 19.9. The molecule has 0 spiro atoms. The van der Waals surface area contributed by atoms with E-state index in [1.165, 1.54) is 11.1 Å². The van der Waals surface area contributed by atoms with Gasteiger partial charge < -0.3 is 9.22 Å². The molecule has 0 saturated heterocycles. The van der Waals surface area contributed by atoms with Gasteiger partial charge in [-0.1, -0.05) is 17.2 Å². The number of carbonyl (C=O) groups excluding carboxylic acids is 1. The summed E-state index contributed by atoms with van der Waals surface area (Å²) in [4.78, 5) is 11.9. The van der Waals surface area contributed by atoms with E-state index in [0.717, 1.165) is 37.0 Å². The first-order valence-electron chi connectivity index (χ1n) is 8.18. The van der Waals surface area contributed by atoms with E-state index in [-0.39, 0.29) is 5.97 Å². The lowest BCUT2D eigenvalue weighted by molar-refractivity contribution is -0.916. The Morgan fingerprint density at radius 2 is 1.57 bits per heavy atom. The largest absolute Gasteiger partial charge is 0.457 e. The van der Waals surface area contributed by atoms with Crippen LogP contribution in [0, 0.1) is 0 Å². The van der Waals surface area contributed by atoms with E-state index in [0.29, 0.717) is 13.2 Å². The number of hydrogen-bond acceptors (Lipinski definition) is 2. The predicted octanol–water partition coefficient (Wildman–Crippen LogP) is 4.10. The van der Waals surface area contributed by atoms with Crippen LogP contribution in [-0.4, -0.2) is 43.2 Å². The Bertz CT molecular complexity index is 353. The molecule has 0 unspecified atom stereocenters. The van der Waals surface area contributed by atoms with Crippen molar-refractivity contribution in [3.8, 4) is 0 Å². The SMILES string of the molecule is CC[N+](CC)(CC)CC(=O)OC/C=C(\C)CCC=C(C)C. The second-order valence-electron chi connectivity index (χ2n) is 6.00. The molecule has 3 nitrogen and oxygen atoms in total. The summed E-state index contributed by atoms with van der Waals surface area (Å²) in [7, 11) is 0. The van der Waals surface area contributed by atoms with Crippen LogP contribution < -0.4 is 0 Å². The van der Waals surface area contributed by atoms with Gasteiger partial charge in [0.1, 0.15) is 6.61 Å². The van der Waals surface area contributed by atoms with Gasteiger partial charge in [0.05, 0.1) is 19.6 Å². The normalized spacial score (nSPS) is 12.2. The number of quaternary nitrogens is 1. The molecule has 0 heterocycles. The summed E-state index contributed by atoms with van der Waals surface area (Å²) < 4.78 is 6.16. The zero-order valence-corrected chi connectivity index (χ0v) is 14.9. The van der Waals surface area contributed by atoms with Crippen molar-refractivity contribution in [1.82, 2.24) is 0 Å². The van der Waals surface area contributed by atoms with Crippen molar-refractivity contribution in [3.05, 3.63) is 23.3 Å². The van der Waals surface area contributed by atoms with E-state index >= 15 is 0 Å². The molecule has 0 radical (unpaired) electrons. The molecular formula is C18H34NO2+. The van der Waals surface area contributed by atoms with Gasteiger partial charge in [0, 0.05) is 0 Å². The van der Waals surface area contributed by atoms with Gasteiger partial charge in [-0.05, 0) is 60.5 Å². The number of esters is 1. The number of nitrogens with zero attached hydrogens (tertiary/aromatic N) is 1. The van der Waals surface area contributed by atoms with Crippen molar-refractivity contribution in [2.24, 2.45) is 0 Å². The molecule has 0 amide bonds. The molecular weight excluding hydrogens is 262 g/mol. The maximum absolute atomic E-state index is 11.9. The Kier molecular flexibility index (Phi) is 10.1. The van der Waals surface area contributed by atoms with Crippen LogP contribution in [-0.2, 0) is 9.53 Å². The van der Waals surface area contributed by atoms with Gasteiger partial charge >= 0.3 is 5.97 Å². The summed E-state index contributed by atoms with van der Waals surface area (Å²) >= 11 is 0. The average Bonchev–Trinajstić information content (AvgIpc) is 2.44. The van der Waals surface area contributed by atoms with Crippen molar-refractivity contribution in [2.75, 3.05) is 32.8 Å². The van der Waals surface area contributed by atoms with Crippen LogP contribution >= 0.6 is 0 Å². The Hall–Kier alpha value is -1.09. The van der Waals surface area contributed by atoms with Crippen LogP contribution in [0.1, 0.15) is 54.4 Å². The monoisotopic (exact) mass is 296 g/mol. The highest BCUT2D eigenvalue weighted by molar-refractivity contribution is 5.70. The number of allylic oxidation sites excluding steroid dienone is 3. The second kappa shape index (κ2) is 10.6.